The van der Waals surface area contributed by atoms with Crippen LogP contribution < -0.4 is 5.32 Å². The average molecular weight is 243 g/mol. The predicted octanol–water partition coefficient (Wildman–Crippen LogP) is 4.00. The van der Waals surface area contributed by atoms with Crippen LogP contribution >= 0.6 is 0 Å². The van der Waals surface area contributed by atoms with E-state index in [9.17, 15) is 0 Å². The van der Waals surface area contributed by atoms with E-state index in [-0.39, 0.29) is 0 Å². The van der Waals surface area contributed by atoms with Crippen LogP contribution in [0.1, 0.15) is 66.2 Å². The lowest BCUT2D eigenvalue weighted by Gasteiger charge is -2.14. The molecule has 0 aromatic carbocycles. The van der Waals surface area contributed by atoms with Crippen LogP contribution in [0.3, 0.4) is 0 Å². The molecule has 0 saturated carbocycles. The Kier molecular flexibility index (Phi) is 12.3. The molecule has 0 aromatic rings. The number of hydrogen-bond acceptors (Lipinski definition) is 2. The van der Waals surface area contributed by atoms with E-state index in [0.717, 1.165) is 25.7 Å². The van der Waals surface area contributed by atoms with Gasteiger partial charge < -0.3 is 10.1 Å². The van der Waals surface area contributed by atoms with Gasteiger partial charge in [0.05, 0.1) is 0 Å². The second kappa shape index (κ2) is 12.4. The molecule has 0 aliphatic carbocycles. The summed E-state index contributed by atoms with van der Waals surface area (Å²) in [5.41, 5.74) is 0. The first-order chi connectivity index (χ1) is 8.20. The lowest BCUT2D eigenvalue weighted by molar-refractivity contribution is 0.0911. The molecule has 0 heterocycles. The summed E-state index contributed by atoms with van der Waals surface area (Å²) in [6.45, 7) is 11.9. The largest absolute Gasteiger partial charge is 0.381 e. The van der Waals surface area contributed by atoms with Crippen molar-refractivity contribution in [2.24, 2.45) is 5.92 Å². The van der Waals surface area contributed by atoms with Gasteiger partial charge in [-0.25, -0.2) is 0 Å². The van der Waals surface area contributed by atoms with Crippen molar-refractivity contribution >= 4 is 0 Å². The molecular formula is C15H33NO. The molecule has 0 radical (unpaired) electrons. The Morgan fingerprint density at radius 1 is 1.06 bits per heavy atom. The van der Waals surface area contributed by atoms with Gasteiger partial charge >= 0.3 is 0 Å². The van der Waals surface area contributed by atoms with E-state index in [1.807, 2.05) is 0 Å². The zero-order valence-electron chi connectivity index (χ0n) is 12.4. The average Bonchev–Trinajstić information content (AvgIpc) is 2.31. The van der Waals surface area contributed by atoms with Gasteiger partial charge in [-0.2, -0.15) is 0 Å². The van der Waals surface area contributed by atoms with Gasteiger partial charge in [0.2, 0.25) is 0 Å². The zero-order valence-corrected chi connectivity index (χ0v) is 12.4. The molecule has 0 bridgehead atoms. The Labute approximate surface area is 109 Å². The number of hydrogen-bond donors (Lipinski definition) is 1. The molecule has 0 amide bonds. The Morgan fingerprint density at radius 2 is 1.82 bits per heavy atom. The lowest BCUT2D eigenvalue weighted by atomic mass is 10.0. The van der Waals surface area contributed by atoms with Gasteiger partial charge in [-0.15, -0.1) is 0 Å². The summed E-state index contributed by atoms with van der Waals surface area (Å²) in [5, 5.41) is 3.43. The maximum atomic E-state index is 5.76. The summed E-state index contributed by atoms with van der Waals surface area (Å²) in [4.78, 5) is 0. The third-order valence-corrected chi connectivity index (χ3v) is 3.16. The van der Waals surface area contributed by atoms with E-state index in [1.54, 1.807) is 0 Å². The molecule has 0 spiro atoms. The first kappa shape index (κ1) is 16.9. The number of rotatable bonds is 12. The van der Waals surface area contributed by atoms with E-state index in [1.165, 1.54) is 38.5 Å². The van der Waals surface area contributed by atoms with Crippen molar-refractivity contribution in [3.63, 3.8) is 0 Å². The fourth-order valence-electron chi connectivity index (χ4n) is 1.87. The van der Waals surface area contributed by atoms with Crippen molar-refractivity contribution in [1.82, 2.24) is 5.32 Å². The number of nitrogens with one attached hydrogen (secondary N) is 1. The van der Waals surface area contributed by atoms with Gasteiger partial charge in [-0.1, -0.05) is 47.0 Å². The first-order valence-corrected chi connectivity index (χ1v) is 7.51. The standard InChI is InChI=1S/C15H33NO/c1-5-7-10-15(6-2)13-17-12-9-8-11-16-14(3)4/h14-16H,5-13H2,1-4H3. The summed E-state index contributed by atoms with van der Waals surface area (Å²) < 4.78 is 5.76. The van der Waals surface area contributed by atoms with Gasteiger partial charge in [0.25, 0.3) is 0 Å². The zero-order chi connectivity index (χ0) is 12.9. The highest BCUT2D eigenvalue weighted by molar-refractivity contribution is 4.56. The monoisotopic (exact) mass is 243 g/mol. The van der Waals surface area contributed by atoms with Crippen LogP contribution in [-0.2, 0) is 4.74 Å². The molecule has 0 aromatic heterocycles. The Bertz CT molecular complexity index is 148. The smallest absolute Gasteiger partial charge is 0.0494 e. The minimum Gasteiger partial charge on any atom is -0.381 e. The molecule has 0 saturated heterocycles. The van der Waals surface area contributed by atoms with Crippen molar-refractivity contribution < 1.29 is 4.74 Å². The van der Waals surface area contributed by atoms with Crippen molar-refractivity contribution in [2.75, 3.05) is 19.8 Å². The van der Waals surface area contributed by atoms with Crippen LogP contribution in [0.4, 0.5) is 0 Å². The summed E-state index contributed by atoms with van der Waals surface area (Å²) in [6.07, 6.45) is 7.65. The van der Waals surface area contributed by atoms with E-state index in [2.05, 4.69) is 33.0 Å². The molecule has 0 rings (SSSR count). The van der Waals surface area contributed by atoms with Crippen LogP contribution in [0, 0.1) is 5.92 Å². The molecule has 1 unspecified atom stereocenters. The first-order valence-electron chi connectivity index (χ1n) is 7.51. The van der Waals surface area contributed by atoms with Gasteiger partial charge in [-0.05, 0) is 31.7 Å². The Morgan fingerprint density at radius 3 is 2.41 bits per heavy atom. The summed E-state index contributed by atoms with van der Waals surface area (Å²) in [6, 6.07) is 0.606. The van der Waals surface area contributed by atoms with E-state index >= 15 is 0 Å². The van der Waals surface area contributed by atoms with Gasteiger partial charge in [0.15, 0.2) is 0 Å². The fraction of sp³-hybridized carbons (Fsp3) is 1.00. The molecule has 0 fully saturated rings. The van der Waals surface area contributed by atoms with E-state index < -0.39 is 0 Å². The molecule has 2 heteroatoms. The molecule has 104 valence electrons. The van der Waals surface area contributed by atoms with E-state index in [4.69, 9.17) is 4.74 Å². The minimum absolute atomic E-state index is 0.606. The van der Waals surface area contributed by atoms with Gasteiger partial charge in [-0.3, -0.25) is 0 Å². The van der Waals surface area contributed by atoms with Crippen molar-refractivity contribution in [1.29, 1.82) is 0 Å². The van der Waals surface area contributed by atoms with Crippen LogP contribution in [0.2, 0.25) is 0 Å². The summed E-state index contributed by atoms with van der Waals surface area (Å²) >= 11 is 0. The minimum atomic E-state index is 0.606. The quantitative estimate of drug-likeness (QED) is 0.523. The molecule has 2 nitrogen and oxygen atoms in total. The fourth-order valence-corrected chi connectivity index (χ4v) is 1.87. The molecule has 1 N–H and O–H groups in total. The van der Waals surface area contributed by atoms with Gasteiger partial charge in [0, 0.05) is 19.3 Å². The highest BCUT2D eigenvalue weighted by Crippen LogP contribution is 2.12. The maximum Gasteiger partial charge on any atom is 0.0494 e. The van der Waals surface area contributed by atoms with Crippen LogP contribution in [0.15, 0.2) is 0 Å². The Balaban J connectivity index is 3.24. The maximum absolute atomic E-state index is 5.76. The van der Waals surface area contributed by atoms with Crippen molar-refractivity contribution in [3.05, 3.63) is 0 Å². The third kappa shape index (κ3) is 12.2. The molecular weight excluding hydrogens is 210 g/mol. The van der Waals surface area contributed by atoms with Crippen molar-refractivity contribution in [2.45, 2.75) is 72.3 Å². The van der Waals surface area contributed by atoms with Crippen LogP contribution in [0.25, 0.3) is 0 Å². The Hall–Kier alpha value is -0.0800. The van der Waals surface area contributed by atoms with Crippen LogP contribution in [0.5, 0.6) is 0 Å². The molecule has 0 aliphatic rings. The number of unbranched alkanes of at least 4 members (excludes halogenated alkanes) is 2. The topological polar surface area (TPSA) is 21.3 Å². The van der Waals surface area contributed by atoms with E-state index in [0.29, 0.717) is 6.04 Å². The second-order valence-electron chi connectivity index (χ2n) is 5.31. The lowest BCUT2D eigenvalue weighted by Crippen LogP contribution is -2.23. The normalized spacial score (nSPS) is 13.2. The SMILES string of the molecule is CCCCC(CC)COCCCCNC(C)C. The highest BCUT2D eigenvalue weighted by Gasteiger charge is 2.05. The number of ether oxygens (including phenoxy) is 1. The van der Waals surface area contributed by atoms with Gasteiger partial charge in [0.1, 0.15) is 0 Å². The van der Waals surface area contributed by atoms with Crippen LogP contribution in [-0.4, -0.2) is 25.8 Å². The summed E-state index contributed by atoms with van der Waals surface area (Å²) in [5.74, 6) is 0.781. The highest BCUT2D eigenvalue weighted by atomic mass is 16.5. The van der Waals surface area contributed by atoms with Crippen molar-refractivity contribution in [3.8, 4) is 0 Å². The molecule has 0 aliphatic heterocycles. The predicted molar refractivity (Wildman–Crippen MR) is 76.5 cm³/mol. The molecule has 1 atom stereocenters. The summed E-state index contributed by atoms with van der Waals surface area (Å²) in [7, 11) is 0. The molecule has 17 heavy (non-hydrogen) atoms. The third-order valence-electron chi connectivity index (χ3n) is 3.16. The second-order valence-corrected chi connectivity index (χ2v) is 5.31.